The second-order valence-corrected chi connectivity index (χ2v) is 6.92. The van der Waals surface area contributed by atoms with Crippen molar-refractivity contribution in [2.24, 2.45) is 0 Å². The molecule has 1 fully saturated rings. The SMILES string of the molecule is Cc1ccc(Nc2ncc(C(=O)NC3CCCC3)c(C(F)(F)F)n2)c(Cl)c1. The summed E-state index contributed by atoms with van der Waals surface area (Å²) in [5.74, 6) is -1.10. The van der Waals surface area contributed by atoms with E-state index in [0.29, 0.717) is 10.7 Å². The van der Waals surface area contributed by atoms with Crippen molar-refractivity contribution in [3.8, 4) is 0 Å². The lowest BCUT2D eigenvalue weighted by Gasteiger charge is -2.16. The molecule has 0 saturated heterocycles. The predicted molar refractivity (Wildman–Crippen MR) is 96.2 cm³/mol. The number of benzene rings is 1. The number of halogens is 4. The number of hydrogen-bond donors (Lipinski definition) is 2. The quantitative estimate of drug-likeness (QED) is 0.770. The van der Waals surface area contributed by atoms with Crippen LogP contribution in [0.4, 0.5) is 24.8 Å². The Morgan fingerprint density at radius 2 is 1.96 bits per heavy atom. The normalized spacial score (nSPS) is 15.0. The molecule has 1 saturated carbocycles. The van der Waals surface area contributed by atoms with Gasteiger partial charge in [-0.25, -0.2) is 9.97 Å². The van der Waals surface area contributed by atoms with Crippen molar-refractivity contribution in [3.63, 3.8) is 0 Å². The largest absolute Gasteiger partial charge is 0.434 e. The molecule has 144 valence electrons. The molecule has 0 aliphatic heterocycles. The Labute approximate surface area is 159 Å². The standard InChI is InChI=1S/C18H18ClF3N4O/c1-10-6-7-14(13(19)8-10)25-17-23-9-12(15(26-17)18(20,21)22)16(27)24-11-4-2-3-5-11/h6-9,11H,2-5H2,1H3,(H,24,27)(H,23,25,26). The molecule has 3 rings (SSSR count). The first-order valence-corrected chi connectivity index (χ1v) is 8.90. The third-order valence-electron chi connectivity index (χ3n) is 4.36. The number of nitrogens with zero attached hydrogens (tertiary/aromatic N) is 2. The number of rotatable bonds is 4. The van der Waals surface area contributed by atoms with Crippen molar-refractivity contribution < 1.29 is 18.0 Å². The first-order valence-electron chi connectivity index (χ1n) is 8.52. The maximum absolute atomic E-state index is 13.4. The van der Waals surface area contributed by atoms with Gasteiger partial charge in [-0.1, -0.05) is 30.5 Å². The molecule has 1 amide bonds. The van der Waals surface area contributed by atoms with Crippen LogP contribution in [0.15, 0.2) is 24.4 Å². The van der Waals surface area contributed by atoms with Crippen molar-refractivity contribution in [2.75, 3.05) is 5.32 Å². The van der Waals surface area contributed by atoms with Gasteiger partial charge in [0, 0.05) is 12.2 Å². The molecule has 0 spiro atoms. The molecule has 1 aromatic carbocycles. The number of hydrogen-bond acceptors (Lipinski definition) is 4. The fourth-order valence-electron chi connectivity index (χ4n) is 3.00. The van der Waals surface area contributed by atoms with Crippen LogP contribution in [-0.4, -0.2) is 21.9 Å². The van der Waals surface area contributed by atoms with E-state index in [1.54, 1.807) is 18.2 Å². The number of carbonyl (C=O) groups is 1. The molecule has 2 aromatic rings. The van der Waals surface area contributed by atoms with Crippen LogP contribution >= 0.6 is 11.6 Å². The lowest BCUT2D eigenvalue weighted by Crippen LogP contribution is -2.34. The number of aryl methyl sites for hydroxylation is 1. The summed E-state index contributed by atoms with van der Waals surface area (Å²) in [6, 6.07) is 4.93. The van der Waals surface area contributed by atoms with E-state index in [9.17, 15) is 18.0 Å². The van der Waals surface area contributed by atoms with Crippen LogP contribution in [0.1, 0.15) is 47.3 Å². The fourth-order valence-corrected chi connectivity index (χ4v) is 3.28. The third-order valence-corrected chi connectivity index (χ3v) is 4.68. The van der Waals surface area contributed by atoms with Crippen molar-refractivity contribution in [2.45, 2.75) is 44.8 Å². The van der Waals surface area contributed by atoms with Gasteiger partial charge in [-0.3, -0.25) is 4.79 Å². The van der Waals surface area contributed by atoms with Crippen LogP contribution in [0.5, 0.6) is 0 Å². The van der Waals surface area contributed by atoms with Crippen molar-refractivity contribution >= 4 is 29.1 Å². The Balaban J connectivity index is 1.88. The fraction of sp³-hybridized carbons (Fsp3) is 0.389. The predicted octanol–water partition coefficient (Wildman–Crippen LogP) is 4.87. The van der Waals surface area contributed by atoms with Gasteiger partial charge in [0.2, 0.25) is 5.95 Å². The van der Waals surface area contributed by atoms with E-state index >= 15 is 0 Å². The molecular weight excluding hydrogens is 381 g/mol. The third kappa shape index (κ3) is 4.68. The minimum Gasteiger partial charge on any atom is -0.349 e. The summed E-state index contributed by atoms with van der Waals surface area (Å²) in [5.41, 5.74) is -0.589. The molecule has 5 nitrogen and oxygen atoms in total. The first-order chi connectivity index (χ1) is 12.7. The van der Waals surface area contributed by atoms with E-state index in [-0.39, 0.29) is 12.0 Å². The highest BCUT2D eigenvalue weighted by Gasteiger charge is 2.38. The average molecular weight is 399 g/mol. The molecule has 9 heteroatoms. The minimum atomic E-state index is -4.79. The van der Waals surface area contributed by atoms with Crippen molar-refractivity contribution in [1.29, 1.82) is 0 Å². The molecule has 0 radical (unpaired) electrons. The number of anilines is 2. The van der Waals surface area contributed by atoms with Crippen LogP contribution in [-0.2, 0) is 6.18 Å². The summed E-state index contributed by atoms with van der Waals surface area (Å²) < 4.78 is 40.3. The molecule has 0 bridgehead atoms. The van der Waals surface area contributed by atoms with Crippen LogP contribution in [0.25, 0.3) is 0 Å². The van der Waals surface area contributed by atoms with Crippen molar-refractivity contribution in [1.82, 2.24) is 15.3 Å². The molecular formula is C18H18ClF3N4O. The van der Waals surface area contributed by atoms with Gasteiger partial charge in [-0.15, -0.1) is 0 Å². The number of alkyl halides is 3. The summed E-state index contributed by atoms with van der Waals surface area (Å²) in [5, 5.41) is 5.63. The highest BCUT2D eigenvalue weighted by atomic mass is 35.5. The van der Waals surface area contributed by atoms with Gasteiger partial charge < -0.3 is 10.6 Å². The molecule has 1 aromatic heterocycles. The van der Waals surface area contributed by atoms with Gasteiger partial charge in [-0.05, 0) is 37.5 Å². The molecule has 2 N–H and O–H groups in total. The summed E-state index contributed by atoms with van der Waals surface area (Å²) >= 11 is 6.08. The van der Waals surface area contributed by atoms with E-state index in [1.165, 1.54) is 0 Å². The second-order valence-electron chi connectivity index (χ2n) is 6.52. The lowest BCUT2D eigenvalue weighted by atomic mass is 10.1. The van der Waals surface area contributed by atoms with E-state index in [1.807, 2.05) is 6.92 Å². The zero-order valence-corrected chi connectivity index (χ0v) is 15.3. The topological polar surface area (TPSA) is 66.9 Å². The highest BCUT2D eigenvalue weighted by molar-refractivity contribution is 6.33. The molecule has 1 aliphatic rings. The Morgan fingerprint density at radius 1 is 1.26 bits per heavy atom. The summed E-state index contributed by atoms with van der Waals surface area (Å²) in [6.45, 7) is 1.84. The first kappa shape index (κ1) is 19.4. The van der Waals surface area contributed by atoms with E-state index in [4.69, 9.17) is 11.6 Å². The van der Waals surface area contributed by atoms with Gasteiger partial charge >= 0.3 is 6.18 Å². The zero-order chi connectivity index (χ0) is 19.6. The van der Waals surface area contributed by atoms with E-state index < -0.39 is 23.3 Å². The second kappa shape index (κ2) is 7.72. The number of aromatic nitrogens is 2. The van der Waals surface area contributed by atoms with E-state index in [2.05, 4.69) is 20.6 Å². The van der Waals surface area contributed by atoms with Crippen LogP contribution in [0.2, 0.25) is 5.02 Å². The monoisotopic (exact) mass is 398 g/mol. The number of carbonyl (C=O) groups excluding carboxylic acids is 1. The van der Waals surface area contributed by atoms with Crippen molar-refractivity contribution in [3.05, 3.63) is 46.2 Å². The summed E-state index contributed by atoms with van der Waals surface area (Å²) in [6.07, 6.45) is -0.468. The summed E-state index contributed by atoms with van der Waals surface area (Å²) in [7, 11) is 0. The number of nitrogens with one attached hydrogen (secondary N) is 2. The maximum Gasteiger partial charge on any atom is 0.434 e. The average Bonchev–Trinajstić information content (AvgIpc) is 3.09. The van der Waals surface area contributed by atoms with Gasteiger partial charge in [0.05, 0.1) is 16.3 Å². The molecule has 0 unspecified atom stereocenters. The Hall–Kier alpha value is -2.35. The Morgan fingerprint density at radius 3 is 2.59 bits per heavy atom. The van der Waals surface area contributed by atoms with Crippen LogP contribution in [0, 0.1) is 6.92 Å². The maximum atomic E-state index is 13.4. The van der Waals surface area contributed by atoms with Crippen LogP contribution < -0.4 is 10.6 Å². The zero-order valence-electron chi connectivity index (χ0n) is 14.5. The lowest BCUT2D eigenvalue weighted by molar-refractivity contribution is -0.141. The van der Waals surface area contributed by atoms with E-state index in [0.717, 1.165) is 37.4 Å². The molecule has 1 heterocycles. The molecule has 1 aliphatic carbocycles. The summed E-state index contributed by atoms with van der Waals surface area (Å²) in [4.78, 5) is 19.7. The smallest absolute Gasteiger partial charge is 0.349 e. The van der Waals surface area contributed by atoms with Crippen LogP contribution in [0.3, 0.4) is 0 Å². The highest BCUT2D eigenvalue weighted by Crippen LogP contribution is 2.32. The Kier molecular flexibility index (Phi) is 5.55. The molecule has 0 atom stereocenters. The van der Waals surface area contributed by atoms with Gasteiger partial charge in [-0.2, -0.15) is 13.2 Å². The Bertz CT molecular complexity index is 851. The number of amides is 1. The van der Waals surface area contributed by atoms with Gasteiger partial charge in [0.1, 0.15) is 0 Å². The molecule has 27 heavy (non-hydrogen) atoms. The van der Waals surface area contributed by atoms with Gasteiger partial charge in [0.25, 0.3) is 5.91 Å². The minimum absolute atomic E-state index is 0.109. The van der Waals surface area contributed by atoms with Gasteiger partial charge in [0.15, 0.2) is 5.69 Å².